The van der Waals surface area contributed by atoms with E-state index in [-0.39, 0.29) is 0 Å². The molecule has 0 aliphatic heterocycles. The number of aromatic nitrogens is 1. The zero-order valence-electron chi connectivity index (χ0n) is 9.53. The largest absolute Gasteiger partial charge is 0.417 e. The average Bonchev–Trinajstić information content (AvgIpc) is 2.32. The lowest BCUT2D eigenvalue weighted by atomic mass is 10.2. The minimum atomic E-state index is -4.33. The van der Waals surface area contributed by atoms with Gasteiger partial charge in [-0.05, 0) is 30.7 Å². The van der Waals surface area contributed by atoms with Crippen LogP contribution in [0, 0.1) is 6.92 Å². The summed E-state index contributed by atoms with van der Waals surface area (Å²) in [5, 5.41) is 0.553. The molecule has 1 aromatic heterocycles. The minimum Gasteiger partial charge on any atom is -0.249 e. The highest BCUT2D eigenvalue weighted by Crippen LogP contribution is 2.32. The first-order valence-corrected chi connectivity index (χ1v) is 6.05. The monoisotopic (exact) mass is 269 g/mol. The van der Waals surface area contributed by atoms with E-state index in [1.54, 1.807) is 0 Å². The van der Waals surface area contributed by atoms with Gasteiger partial charge in [-0.3, -0.25) is 0 Å². The Balaban J connectivity index is 2.19. The van der Waals surface area contributed by atoms with Gasteiger partial charge in [-0.15, -0.1) is 0 Å². The lowest BCUT2D eigenvalue weighted by Gasteiger charge is -2.07. The number of hydrogen-bond acceptors (Lipinski definition) is 2. The third-order valence-corrected chi connectivity index (χ3v) is 3.50. The molecule has 0 N–H and O–H groups in total. The third kappa shape index (κ3) is 3.04. The van der Waals surface area contributed by atoms with Crippen molar-refractivity contribution in [3.63, 3.8) is 0 Å². The van der Waals surface area contributed by atoms with Gasteiger partial charge in [-0.1, -0.05) is 30.0 Å². The molecule has 2 rings (SSSR count). The molecule has 1 aromatic carbocycles. The summed E-state index contributed by atoms with van der Waals surface area (Å²) >= 11 is 1.36. The molecule has 94 valence electrons. The van der Waals surface area contributed by atoms with Gasteiger partial charge in [0, 0.05) is 11.1 Å². The van der Waals surface area contributed by atoms with E-state index in [1.165, 1.54) is 17.8 Å². The number of pyridine rings is 1. The first kappa shape index (κ1) is 13.0. The molecule has 18 heavy (non-hydrogen) atoms. The van der Waals surface area contributed by atoms with Gasteiger partial charge in [0.15, 0.2) is 0 Å². The van der Waals surface area contributed by atoms with Crippen LogP contribution in [-0.4, -0.2) is 4.98 Å². The molecule has 0 spiro atoms. The van der Waals surface area contributed by atoms with Crippen LogP contribution < -0.4 is 0 Å². The SMILES string of the molecule is Cc1ccccc1Sc1ccc(C(F)(F)F)cn1. The van der Waals surface area contributed by atoms with Crippen LogP contribution in [0.5, 0.6) is 0 Å². The Kier molecular flexibility index (Phi) is 3.61. The molecule has 0 fully saturated rings. The highest BCUT2D eigenvalue weighted by atomic mass is 32.2. The Labute approximate surface area is 107 Å². The van der Waals surface area contributed by atoms with Crippen molar-refractivity contribution in [2.45, 2.75) is 23.0 Å². The van der Waals surface area contributed by atoms with E-state index >= 15 is 0 Å². The van der Waals surface area contributed by atoms with Crippen molar-refractivity contribution in [2.24, 2.45) is 0 Å². The number of aryl methyl sites for hydroxylation is 1. The summed E-state index contributed by atoms with van der Waals surface area (Å²) in [6.45, 7) is 1.95. The van der Waals surface area contributed by atoms with E-state index in [2.05, 4.69) is 4.98 Å². The third-order valence-electron chi connectivity index (χ3n) is 2.37. The van der Waals surface area contributed by atoms with Crippen LogP contribution in [0.1, 0.15) is 11.1 Å². The maximum atomic E-state index is 12.4. The molecule has 0 bridgehead atoms. The Bertz CT molecular complexity index is 535. The van der Waals surface area contributed by atoms with Gasteiger partial charge in [-0.25, -0.2) is 4.98 Å². The molecule has 5 heteroatoms. The molecule has 2 aromatic rings. The highest BCUT2D eigenvalue weighted by molar-refractivity contribution is 7.99. The molecule has 0 amide bonds. The van der Waals surface area contributed by atoms with Crippen molar-refractivity contribution in [3.05, 3.63) is 53.7 Å². The van der Waals surface area contributed by atoms with Crippen LogP contribution >= 0.6 is 11.8 Å². The second-order valence-corrected chi connectivity index (χ2v) is 4.81. The van der Waals surface area contributed by atoms with Gasteiger partial charge < -0.3 is 0 Å². The summed E-state index contributed by atoms with van der Waals surface area (Å²) < 4.78 is 37.1. The van der Waals surface area contributed by atoms with Crippen LogP contribution in [0.4, 0.5) is 13.2 Å². The fourth-order valence-electron chi connectivity index (χ4n) is 1.39. The van der Waals surface area contributed by atoms with Gasteiger partial charge in [-0.2, -0.15) is 13.2 Å². The molecule has 0 saturated heterocycles. The molecule has 0 saturated carbocycles. The maximum absolute atomic E-state index is 12.4. The number of hydrogen-bond donors (Lipinski definition) is 0. The molecular weight excluding hydrogens is 259 g/mol. The van der Waals surface area contributed by atoms with E-state index < -0.39 is 11.7 Å². The quantitative estimate of drug-likeness (QED) is 0.792. The van der Waals surface area contributed by atoms with Crippen LogP contribution in [0.15, 0.2) is 52.5 Å². The Morgan fingerprint density at radius 2 is 1.78 bits per heavy atom. The number of rotatable bonds is 2. The predicted molar refractivity (Wildman–Crippen MR) is 64.5 cm³/mol. The van der Waals surface area contributed by atoms with E-state index in [0.717, 1.165) is 22.7 Å². The summed E-state index contributed by atoms with van der Waals surface area (Å²) in [4.78, 5) is 4.82. The number of nitrogens with zero attached hydrogens (tertiary/aromatic N) is 1. The van der Waals surface area contributed by atoms with Crippen LogP contribution in [0.3, 0.4) is 0 Å². The van der Waals surface area contributed by atoms with Gasteiger partial charge in [0.1, 0.15) is 5.03 Å². The predicted octanol–water partition coefficient (Wildman–Crippen LogP) is 4.56. The minimum absolute atomic E-state index is 0.553. The van der Waals surface area contributed by atoms with Crippen molar-refractivity contribution in [1.29, 1.82) is 0 Å². The van der Waals surface area contributed by atoms with Crippen LogP contribution in [0.2, 0.25) is 0 Å². The van der Waals surface area contributed by atoms with Gasteiger partial charge in [0.05, 0.1) is 5.56 Å². The van der Waals surface area contributed by atoms with E-state index in [1.807, 2.05) is 31.2 Å². The molecule has 1 heterocycles. The van der Waals surface area contributed by atoms with Crippen molar-refractivity contribution in [2.75, 3.05) is 0 Å². The average molecular weight is 269 g/mol. The molecule has 0 aliphatic rings. The first-order valence-electron chi connectivity index (χ1n) is 5.23. The smallest absolute Gasteiger partial charge is 0.249 e. The lowest BCUT2D eigenvalue weighted by molar-refractivity contribution is -0.137. The summed E-state index contributed by atoms with van der Waals surface area (Å²) in [5.41, 5.74) is 0.348. The van der Waals surface area contributed by atoms with Crippen LogP contribution in [0.25, 0.3) is 0 Å². The summed E-state index contributed by atoms with van der Waals surface area (Å²) in [5.74, 6) is 0. The van der Waals surface area contributed by atoms with E-state index in [4.69, 9.17) is 0 Å². The van der Waals surface area contributed by atoms with E-state index in [9.17, 15) is 13.2 Å². The first-order chi connectivity index (χ1) is 8.47. The second-order valence-electron chi connectivity index (χ2n) is 3.75. The lowest BCUT2D eigenvalue weighted by Crippen LogP contribution is -2.05. The number of alkyl halides is 3. The molecule has 0 unspecified atom stereocenters. The second kappa shape index (κ2) is 5.02. The summed E-state index contributed by atoms with van der Waals surface area (Å²) in [6.07, 6.45) is -3.47. The maximum Gasteiger partial charge on any atom is 0.417 e. The highest BCUT2D eigenvalue weighted by Gasteiger charge is 2.30. The number of benzene rings is 1. The zero-order chi connectivity index (χ0) is 13.2. The fourth-order valence-corrected chi connectivity index (χ4v) is 2.23. The van der Waals surface area contributed by atoms with Crippen molar-refractivity contribution < 1.29 is 13.2 Å². The standard InChI is InChI=1S/C13H10F3NS/c1-9-4-2-3-5-11(9)18-12-7-6-10(8-17-12)13(14,15)16/h2-8H,1H3. The summed E-state index contributed by atoms with van der Waals surface area (Å²) in [7, 11) is 0. The van der Waals surface area contributed by atoms with E-state index in [0.29, 0.717) is 5.03 Å². The van der Waals surface area contributed by atoms with Crippen molar-refractivity contribution >= 4 is 11.8 Å². The van der Waals surface area contributed by atoms with Crippen LogP contribution in [-0.2, 0) is 6.18 Å². The summed E-state index contributed by atoms with van der Waals surface area (Å²) in [6, 6.07) is 10.1. The zero-order valence-corrected chi connectivity index (χ0v) is 10.3. The van der Waals surface area contributed by atoms with Crippen molar-refractivity contribution in [3.8, 4) is 0 Å². The molecule has 0 radical (unpaired) electrons. The van der Waals surface area contributed by atoms with Gasteiger partial charge in [0.25, 0.3) is 0 Å². The number of halogens is 3. The normalized spacial score (nSPS) is 11.6. The molecular formula is C13H10F3NS. The Morgan fingerprint density at radius 3 is 2.33 bits per heavy atom. The Hall–Kier alpha value is -1.49. The van der Waals surface area contributed by atoms with Gasteiger partial charge >= 0.3 is 6.18 Å². The molecule has 0 aliphatic carbocycles. The Morgan fingerprint density at radius 1 is 1.06 bits per heavy atom. The van der Waals surface area contributed by atoms with Gasteiger partial charge in [0.2, 0.25) is 0 Å². The topological polar surface area (TPSA) is 12.9 Å². The molecule has 0 atom stereocenters. The fraction of sp³-hybridized carbons (Fsp3) is 0.154. The molecule has 1 nitrogen and oxygen atoms in total. The van der Waals surface area contributed by atoms with Crippen molar-refractivity contribution in [1.82, 2.24) is 4.98 Å².